The molecule has 2 aliphatic rings. The number of hydrogen-bond donors (Lipinski definition) is 0. The number of amides is 1. The number of rotatable bonds is 6. The number of carbonyl (C=O) groups is 1. The van der Waals surface area contributed by atoms with Crippen molar-refractivity contribution in [3.8, 4) is 0 Å². The van der Waals surface area contributed by atoms with Gasteiger partial charge in [-0.1, -0.05) is 12.1 Å². The lowest BCUT2D eigenvalue weighted by Crippen LogP contribution is -2.63. The fourth-order valence-electron chi connectivity index (χ4n) is 4.05. The molecule has 26 heavy (non-hydrogen) atoms. The number of methoxy groups -OCH3 is 1. The van der Waals surface area contributed by atoms with Gasteiger partial charge in [-0.2, -0.15) is 0 Å². The van der Waals surface area contributed by atoms with Gasteiger partial charge in [0.25, 0.3) is 0 Å². The average Bonchev–Trinajstić information content (AvgIpc) is 3.17. The maximum atomic E-state index is 12.5. The van der Waals surface area contributed by atoms with E-state index in [1.54, 1.807) is 13.2 Å². The number of aryl methyl sites for hydroxylation is 1. The van der Waals surface area contributed by atoms with Crippen molar-refractivity contribution in [2.75, 3.05) is 33.4 Å². The Morgan fingerprint density at radius 2 is 2.15 bits per heavy atom. The first-order chi connectivity index (χ1) is 12.6. The molecule has 4 rings (SSSR count). The van der Waals surface area contributed by atoms with Crippen molar-refractivity contribution in [1.82, 2.24) is 9.47 Å². The molecule has 2 aliphatic heterocycles. The summed E-state index contributed by atoms with van der Waals surface area (Å²) >= 11 is 0. The number of likely N-dealkylation sites (tertiary alicyclic amines) is 1. The van der Waals surface area contributed by atoms with E-state index >= 15 is 0 Å². The van der Waals surface area contributed by atoms with Crippen LogP contribution >= 0.6 is 0 Å². The van der Waals surface area contributed by atoms with Crippen LogP contribution in [0.2, 0.25) is 0 Å². The number of ether oxygens (including phenoxy) is 2. The van der Waals surface area contributed by atoms with E-state index in [1.165, 1.54) is 4.57 Å². The van der Waals surface area contributed by atoms with E-state index in [2.05, 4.69) is 0 Å². The highest BCUT2D eigenvalue weighted by Gasteiger charge is 2.50. The van der Waals surface area contributed by atoms with Crippen LogP contribution in [-0.2, 0) is 20.8 Å². The molecule has 0 aliphatic carbocycles. The molecule has 2 aromatic rings. The molecule has 1 atom stereocenters. The molecule has 1 unspecified atom stereocenters. The predicted octanol–water partition coefficient (Wildman–Crippen LogP) is 1.64. The number of fused-ring (bicyclic) bond motifs is 1. The Balaban J connectivity index is 1.30. The SMILES string of the molecule is COCCC1COC2(C1)CN(C(=O)CCn1c(=O)oc3ccccc31)C2. The van der Waals surface area contributed by atoms with E-state index in [0.29, 0.717) is 31.1 Å². The number of para-hydroxylation sites is 2. The summed E-state index contributed by atoms with van der Waals surface area (Å²) < 4.78 is 17.8. The summed E-state index contributed by atoms with van der Waals surface area (Å²) in [4.78, 5) is 26.3. The summed E-state index contributed by atoms with van der Waals surface area (Å²) in [6.45, 7) is 3.13. The largest absolute Gasteiger partial charge is 0.419 e. The molecule has 140 valence electrons. The van der Waals surface area contributed by atoms with Crippen LogP contribution in [0.4, 0.5) is 0 Å². The first-order valence-electron chi connectivity index (χ1n) is 9.09. The second-order valence-electron chi connectivity index (χ2n) is 7.33. The Morgan fingerprint density at radius 3 is 2.96 bits per heavy atom. The van der Waals surface area contributed by atoms with E-state index < -0.39 is 5.76 Å². The minimum atomic E-state index is -0.417. The zero-order chi connectivity index (χ0) is 18.1. The molecule has 7 heteroatoms. The number of aromatic nitrogens is 1. The van der Waals surface area contributed by atoms with Gasteiger partial charge < -0.3 is 18.8 Å². The Morgan fingerprint density at radius 1 is 1.35 bits per heavy atom. The quantitative estimate of drug-likeness (QED) is 0.783. The van der Waals surface area contributed by atoms with Crippen LogP contribution in [0.25, 0.3) is 11.1 Å². The van der Waals surface area contributed by atoms with Gasteiger partial charge in [-0.3, -0.25) is 9.36 Å². The van der Waals surface area contributed by atoms with Crippen molar-refractivity contribution in [1.29, 1.82) is 0 Å². The van der Waals surface area contributed by atoms with Crippen molar-refractivity contribution in [3.63, 3.8) is 0 Å². The summed E-state index contributed by atoms with van der Waals surface area (Å²) in [5, 5.41) is 0. The number of hydrogen-bond acceptors (Lipinski definition) is 5. The van der Waals surface area contributed by atoms with E-state index in [-0.39, 0.29) is 17.9 Å². The minimum absolute atomic E-state index is 0.0525. The molecular weight excluding hydrogens is 336 g/mol. The molecule has 2 saturated heterocycles. The summed E-state index contributed by atoms with van der Waals surface area (Å²) in [5.74, 6) is 0.152. The molecule has 3 heterocycles. The molecule has 1 aromatic heterocycles. The zero-order valence-electron chi connectivity index (χ0n) is 15.0. The third kappa shape index (κ3) is 3.17. The predicted molar refractivity (Wildman–Crippen MR) is 95.0 cm³/mol. The summed E-state index contributed by atoms with van der Waals surface area (Å²) in [5.41, 5.74) is 1.12. The molecule has 0 radical (unpaired) electrons. The standard InChI is InChI=1S/C19H24N2O5/c1-24-9-7-14-10-19(25-11-14)12-20(13-19)17(22)6-8-21-15-4-2-3-5-16(15)26-18(21)23/h2-5,14H,6-13H2,1H3. The van der Waals surface area contributed by atoms with E-state index in [0.717, 1.165) is 31.6 Å². The smallest absolute Gasteiger partial charge is 0.408 e. The second-order valence-corrected chi connectivity index (χ2v) is 7.33. The Hall–Kier alpha value is -2.12. The molecule has 7 nitrogen and oxygen atoms in total. The van der Waals surface area contributed by atoms with E-state index in [4.69, 9.17) is 13.9 Å². The van der Waals surface area contributed by atoms with Gasteiger partial charge in [-0.05, 0) is 30.9 Å². The Kier molecular flexibility index (Phi) is 4.58. The van der Waals surface area contributed by atoms with Crippen molar-refractivity contribution in [3.05, 3.63) is 34.8 Å². The highest BCUT2D eigenvalue weighted by atomic mass is 16.5. The lowest BCUT2D eigenvalue weighted by atomic mass is 9.86. The van der Waals surface area contributed by atoms with Crippen LogP contribution in [0.3, 0.4) is 0 Å². The Labute approximate surface area is 151 Å². The summed E-state index contributed by atoms with van der Waals surface area (Å²) in [7, 11) is 1.71. The summed E-state index contributed by atoms with van der Waals surface area (Å²) in [6, 6.07) is 7.26. The molecule has 1 amide bonds. The fraction of sp³-hybridized carbons (Fsp3) is 0.579. The van der Waals surface area contributed by atoms with Gasteiger partial charge in [0.1, 0.15) is 5.60 Å². The number of nitrogens with zero attached hydrogens (tertiary/aromatic N) is 2. The van der Waals surface area contributed by atoms with Gasteiger partial charge in [0.05, 0.1) is 25.2 Å². The van der Waals surface area contributed by atoms with Gasteiger partial charge in [0, 0.05) is 26.7 Å². The van der Waals surface area contributed by atoms with E-state index in [9.17, 15) is 9.59 Å². The van der Waals surface area contributed by atoms with Crippen molar-refractivity contribution in [2.45, 2.75) is 31.4 Å². The molecule has 1 aromatic carbocycles. The fourth-order valence-corrected chi connectivity index (χ4v) is 4.05. The van der Waals surface area contributed by atoms with Crippen LogP contribution in [0.15, 0.2) is 33.5 Å². The maximum absolute atomic E-state index is 12.5. The van der Waals surface area contributed by atoms with Gasteiger partial charge in [-0.25, -0.2) is 4.79 Å². The minimum Gasteiger partial charge on any atom is -0.408 e. The second kappa shape index (κ2) is 6.89. The third-order valence-corrected chi connectivity index (χ3v) is 5.45. The normalized spacial score (nSPS) is 21.4. The molecule has 2 fully saturated rings. The molecular formula is C19H24N2O5. The van der Waals surface area contributed by atoms with E-state index in [1.807, 2.05) is 23.1 Å². The highest BCUT2D eigenvalue weighted by molar-refractivity contribution is 5.78. The first kappa shape index (κ1) is 17.3. The van der Waals surface area contributed by atoms with Gasteiger partial charge in [0.15, 0.2) is 5.58 Å². The van der Waals surface area contributed by atoms with Crippen molar-refractivity contribution < 1.29 is 18.7 Å². The number of carbonyl (C=O) groups excluding carboxylic acids is 1. The van der Waals surface area contributed by atoms with Crippen LogP contribution in [-0.4, -0.2) is 54.4 Å². The lowest BCUT2D eigenvalue weighted by molar-refractivity contribution is -0.157. The van der Waals surface area contributed by atoms with Crippen LogP contribution < -0.4 is 5.76 Å². The van der Waals surface area contributed by atoms with Crippen LogP contribution in [0, 0.1) is 5.92 Å². The van der Waals surface area contributed by atoms with Gasteiger partial charge in [0.2, 0.25) is 5.91 Å². The topological polar surface area (TPSA) is 73.9 Å². The van der Waals surface area contributed by atoms with Gasteiger partial charge in [-0.15, -0.1) is 0 Å². The zero-order valence-corrected chi connectivity index (χ0v) is 15.0. The maximum Gasteiger partial charge on any atom is 0.419 e. The monoisotopic (exact) mass is 360 g/mol. The molecule has 1 spiro atoms. The molecule has 0 saturated carbocycles. The van der Waals surface area contributed by atoms with Crippen molar-refractivity contribution in [2.24, 2.45) is 5.92 Å². The lowest BCUT2D eigenvalue weighted by Gasteiger charge is -2.47. The highest BCUT2D eigenvalue weighted by Crippen LogP contribution is 2.39. The summed E-state index contributed by atoms with van der Waals surface area (Å²) in [6.07, 6.45) is 2.28. The van der Waals surface area contributed by atoms with Gasteiger partial charge >= 0.3 is 5.76 Å². The number of benzene rings is 1. The number of oxazole rings is 1. The first-order valence-corrected chi connectivity index (χ1v) is 9.09. The molecule has 0 bridgehead atoms. The third-order valence-electron chi connectivity index (χ3n) is 5.45. The van der Waals surface area contributed by atoms with Crippen LogP contribution in [0.1, 0.15) is 19.3 Å². The van der Waals surface area contributed by atoms with Crippen LogP contribution in [0.5, 0.6) is 0 Å². The molecule has 0 N–H and O–H groups in total. The van der Waals surface area contributed by atoms with Crippen molar-refractivity contribution >= 4 is 17.0 Å². The Bertz CT molecular complexity index is 849. The average molecular weight is 360 g/mol.